The zero-order chi connectivity index (χ0) is 22.6. The molecule has 31 heavy (non-hydrogen) atoms. The average Bonchev–Trinajstić information content (AvgIpc) is 2.89. The van der Waals surface area contributed by atoms with Crippen molar-refractivity contribution in [1.82, 2.24) is 9.80 Å². The second-order valence-electron chi connectivity index (χ2n) is 10.4. The molecule has 2 aliphatic rings. The summed E-state index contributed by atoms with van der Waals surface area (Å²) < 4.78 is 11.1. The van der Waals surface area contributed by atoms with E-state index in [1.54, 1.807) is 4.90 Å². The Morgan fingerprint density at radius 3 is 2.48 bits per heavy atom. The van der Waals surface area contributed by atoms with Crippen LogP contribution in [0, 0.1) is 19.3 Å². The largest absolute Gasteiger partial charge is 0.490 e. The number of ether oxygens (including phenoxy) is 2. The van der Waals surface area contributed by atoms with E-state index in [4.69, 9.17) is 9.47 Å². The summed E-state index contributed by atoms with van der Waals surface area (Å²) in [4.78, 5) is 16.7. The van der Waals surface area contributed by atoms with E-state index in [1.807, 2.05) is 18.2 Å². The summed E-state index contributed by atoms with van der Waals surface area (Å²) in [5.74, 6) is 0.667. The summed E-state index contributed by atoms with van der Waals surface area (Å²) in [6.07, 6.45) is 4.65. The van der Waals surface area contributed by atoms with Crippen molar-refractivity contribution in [3.8, 4) is 5.75 Å². The predicted molar refractivity (Wildman–Crippen MR) is 122 cm³/mol. The van der Waals surface area contributed by atoms with Crippen molar-refractivity contribution in [2.75, 3.05) is 46.5 Å². The van der Waals surface area contributed by atoms with E-state index in [9.17, 15) is 9.90 Å². The van der Waals surface area contributed by atoms with E-state index in [0.29, 0.717) is 24.5 Å². The Hall–Kier alpha value is -1.63. The first kappa shape index (κ1) is 24.0. The molecule has 0 unspecified atom stereocenters. The lowest BCUT2D eigenvalue weighted by molar-refractivity contribution is -0.138. The molecule has 6 heteroatoms. The SMILES string of the molecule is COCC(=O)N1CCN(C2CCC(C)(C)CC2)C[C@@](O)(COc2ccc(C)c(C)c2)C1. The molecule has 3 rings (SSSR count). The van der Waals surface area contributed by atoms with Gasteiger partial charge in [0.1, 0.15) is 24.6 Å². The molecule has 1 aromatic carbocycles. The van der Waals surface area contributed by atoms with E-state index in [0.717, 1.165) is 30.7 Å². The smallest absolute Gasteiger partial charge is 0.248 e. The van der Waals surface area contributed by atoms with Crippen LogP contribution in [0.3, 0.4) is 0 Å². The minimum atomic E-state index is -1.13. The summed E-state index contributed by atoms with van der Waals surface area (Å²) >= 11 is 0. The lowest BCUT2D eigenvalue weighted by Crippen LogP contribution is -2.54. The van der Waals surface area contributed by atoms with E-state index in [-0.39, 0.29) is 25.7 Å². The van der Waals surface area contributed by atoms with Crippen molar-refractivity contribution >= 4 is 5.91 Å². The lowest BCUT2D eigenvalue weighted by Gasteiger charge is -2.41. The summed E-state index contributed by atoms with van der Waals surface area (Å²) in [6, 6.07) is 6.42. The molecule has 0 spiro atoms. The fourth-order valence-electron chi connectivity index (χ4n) is 4.79. The van der Waals surface area contributed by atoms with Gasteiger partial charge in [-0.1, -0.05) is 19.9 Å². The minimum Gasteiger partial charge on any atom is -0.490 e. The third-order valence-electron chi connectivity index (χ3n) is 7.07. The van der Waals surface area contributed by atoms with E-state index in [1.165, 1.54) is 25.5 Å². The number of methoxy groups -OCH3 is 1. The lowest BCUT2D eigenvalue weighted by atomic mass is 9.75. The number of aliphatic hydroxyl groups is 1. The van der Waals surface area contributed by atoms with Gasteiger partial charge in [-0.2, -0.15) is 0 Å². The number of hydrogen-bond donors (Lipinski definition) is 1. The third kappa shape index (κ3) is 6.43. The number of β-amino-alcohol motifs (C(OH)–C–C–N with tert-alkyl or cyclic N) is 1. The summed E-state index contributed by atoms with van der Waals surface area (Å²) in [6.45, 7) is 11.1. The van der Waals surface area contributed by atoms with E-state index >= 15 is 0 Å². The second kappa shape index (κ2) is 9.88. The molecule has 2 fully saturated rings. The van der Waals surface area contributed by atoms with Gasteiger partial charge in [-0.05, 0) is 68.2 Å². The zero-order valence-electron chi connectivity index (χ0n) is 19.9. The van der Waals surface area contributed by atoms with Crippen LogP contribution in [0.15, 0.2) is 18.2 Å². The second-order valence-corrected chi connectivity index (χ2v) is 10.4. The normalized spacial score (nSPS) is 25.3. The van der Waals surface area contributed by atoms with Crippen molar-refractivity contribution in [3.05, 3.63) is 29.3 Å². The number of carbonyl (C=O) groups is 1. The highest BCUT2D eigenvalue weighted by Gasteiger charge is 2.40. The molecule has 1 amide bonds. The highest BCUT2D eigenvalue weighted by atomic mass is 16.5. The van der Waals surface area contributed by atoms with Gasteiger partial charge in [0, 0.05) is 32.8 Å². The third-order valence-corrected chi connectivity index (χ3v) is 7.07. The molecule has 0 bridgehead atoms. The van der Waals surface area contributed by atoms with Gasteiger partial charge >= 0.3 is 0 Å². The number of amides is 1. The van der Waals surface area contributed by atoms with Gasteiger partial charge in [0.25, 0.3) is 0 Å². The molecule has 1 saturated heterocycles. The van der Waals surface area contributed by atoms with Gasteiger partial charge in [-0.25, -0.2) is 0 Å². The Morgan fingerprint density at radius 2 is 1.84 bits per heavy atom. The maximum atomic E-state index is 12.6. The number of carbonyl (C=O) groups excluding carboxylic acids is 1. The fraction of sp³-hybridized carbons (Fsp3) is 0.720. The molecule has 1 saturated carbocycles. The maximum Gasteiger partial charge on any atom is 0.248 e. The molecular formula is C25H40N2O4. The van der Waals surface area contributed by atoms with Crippen LogP contribution >= 0.6 is 0 Å². The number of rotatable bonds is 6. The van der Waals surface area contributed by atoms with Crippen LogP contribution in [-0.4, -0.2) is 79.0 Å². The van der Waals surface area contributed by atoms with Crippen LogP contribution in [0.2, 0.25) is 0 Å². The van der Waals surface area contributed by atoms with Crippen LogP contribution in [0.1, 0.15) is 50.7 Å². The first-order chi connectivity index (χ1) is 14.6. The van der Waals surface area contributed by atoms with Gasteiger partial charge in [0.15, 0.2) is 0 Å². The van der Waals surface area contributed by atoms with Crippen molar-refractivity contribution < 1.29 is 19.4 Å². The standard InChI is InChI=1S/C25H40N2O4/c1-19-6-7-22(14-20(19)2)31-18-25(29)16-26(21-8-10-24(3,4)11-9-21)12-13-27(17-25)23(28)15-30-5/h6-7,14,21,29H,8-13,15-18H2,1-5H3/t25-/m0/s1. The molecule has 1 aliphatic carbocycles. The maximum absolute atomic E-state index is 12.6. The number of hydrogen-bond acceptors (Lipinski definition) is 5. The number of nitrogens with zero attached hydrogens (tertiary/aromatic N) is 2. The Balaban J connectivity index is 1.74. The van der Waals surface area contributed by atoms with Gasteiger partial charge in [-0.3, -0.25) is 9.69 Å². The zero-order valence-corrected chi connectivity index (χ0v) is 19.9. The van der Waals surface area contributed by atoms with Crippen LogP contribution in [0.4, 0.5) is 0 Å². The monoisotopic (exact) mass is 432 g/mol. The molecule has 174 valence electrons. The van der Waals surface area contributed by atoms with Crippen LogP contribution in [0.25, 0.3) is 0 Å². The minimum absolute atomic E-state index is 0.0334. The topological polar surface area (TPSA) is 62.2 Å². The van der Waals surface area contributed by atoms with Crippen molar-refractivity contribution in [2.45, 2.75) is 65.0 Å². The average molecular weight is 433 g/mol. The predicted octanol–water partition coefficient (Wildman–Crippen LogP) is 3.17. The molecule has 1 aliphatic heterocycles. The molecule has 1 atom stereocenters. The summed E-state index contributed by atoms with van der Waals surface area (Å²) in [7, 11) is 1.53. The van der Waals surface area contributed by atoms with Crippen molar-refractivity contribution in [2.24, 2.45) is 5.41 Å². The Bertz CT molecular complexity index is 756. The quantitative estimate of drug-likeness (QED) is 0.748. The van der Waals surface area contributed by atoms with Gasteiger partial charge in [-0.15, -0.1) is 0 Å². The van der Waals surface area contributed by atoms with Crippen LogP contribution in [0.5, 0.6) is 5.75 Å². The van der Waals surface area contributed by atoms with E-state index < -0.39 is 5.60 Å². The van der Waals surface area contributed by atoms with Gasteiger partial charge in [0.2, 0.25) is 5.91 Å². The number of benzene rings is 1. The van der Waals surface area contributed by atoms with Gasteiger partial charge < -0.3 is 19.5 Å². The molecule has 0 radical (unpaired) electrons. The molecule has 6 nitrogen and oxygen atoms in total. The molecule has 1 heterocycles. The van der Waals surface area contributed by atoms with E-state index in [2.05, 4.69) is 32.6 Å². The molecule has 0 aromatic heterocycles. The number of aryl methyl sites for hydroxylation is 2. The Morgan fingerprint density at radius 1 is 1.13 bits per heavy atom. The fourth-order valence-corrected chi connectivity index (χ4v) is 4.79. The summed E-state index contributed by atoms with van der Waals surface area (Å²) in [5.41, 5.74) is 1.63. The summed E-state index contributed by atoms with van der Waals surface area (Å²) in [5, 5.41) is 11.6. The van der Waals surface area contributed by atoms with Gasteiger partial charge in [0.05, 0.1) is 6.54 Å². The Kier molecular flexibility index (Phi) is 7.66. The highest BCUT2D eigenvalue weighted by Crippen LogP contribution is 2.37. The highest BCUT2D eigenvalue weighted by molar-refractivity contribution is 5.77. The Labute approximate surface area is 187 Å². The van der Waals surface area contributed by atoms with Crippen LogP contribution in [-0.2, 0) is 9.53 Å². The first-order valence-corrected chi connectivity index (χ1v) is 11.5. The first-order valence-electron chi connectivity index (χ1n) is 11.5. The van der Waals surface area contributed by atoms with Crippen molar-refractivity contribution in [1.29, 1.82) is 0 Å². The molecule has 1 N–H and O–H groups in total. The van der Waals surface area contributed by atoms with Crippen molar-refractivity contribution in [3.63, 3.8) is 0 Å². The molecule has 1 aromatic rings. The molecular weight excluding hydrogens is 392 g/mol. The van der Waals surface area contributed by atoms with Crippen LogP contribution < -0.4 is 4.74 Å².